The van der Waals surface area contributed by atoms with Crippen LogP contribution in [0.5, 0.6) is 0 Å². The second-order valence-corrected chi connectivity index (χ2v) is 7.02. The summed E-state index contributed by atoms with van der Waals surface area (Å²) < 4.78 is 13.7. The molecular formula is C14H20FNS2. The van der Waals surface area contributed by atoms with E-state index in [4.69, 9.17) is 0 Å². The Morgan fingerprint density at radius 3 is 3.17 bits per heavy atom. The van der Waals surface area contributed by atoms with E-state index in [0.717, 1.165) is 35.6 Å². The van der Waals surface area contributed by atoms with Crippen molar-refractivity contribution in [3.63, 3.8) is 0 Å². The molecule has 1 N–H and O–H groups in total. The monoisotopic (exact) mass is 285 g/mol. The van der Waals surface area contributed by atoms with Crippen LogP contribution < -0.4 is 5.32 Å². The Morgan fingerprint density at radius 2 is 2.39 bits per heavy atom. The first-order valence-corrected chi connectivity index (χ1v) is 8.67. The highest BCUT2D eigenvalue weighted by Gasteiger charge is 2.22. The van der Waals surface area contributed by atoms with Crippen LogP contribution in [0.15, 0.2) is 23.1 Å². The van der Waals surface area contributed by atoms with Crippen LogP contribution in [-0.4, -0.2) is 23.8 Å². The average molecular weight is 285 g/mol. The Hall–Kier alpha value is -0.190. The Kier molecular flexibility index (Phi) is 5.39. The summed E-state index contributed by atoms with van der Waals surface area (Å²) in [4.78, 5) is 0.846. The normalized spacial score (nSPS) is 20.5. The van der Waals surface area contributed by atoms with Gasteiger partial charge in [0.15, 0.2) is 0 Å². The van der Waals surface area contributed by atoms with Crippen LogP contribution in [0.4, 0.5) is 4.39 Å². The zero-order valence-corrected chi connectivity index (χ0v) is 12.5. The Bertz CT molecular complexity index is 397. The molecule has 1 nitrogen and oxygen atoms in total. The molecule has 0 saturated carbocycles. The van der Waals surface area contributed by atoms with Gasteiger partial charge in [-0.05, 0) is 43.0 Å². The molecule has 18 heavy (non-hydrogen) atoms. The highest BCUT2D eigenvalue weighted by molar-refractivity contribution is 7.99. The summed E-state index contributed by atoms with van der Waals surface area (Å²) in [6, 6.07) is 5.76. The second-order valence-electron chi connectivity index (χ2n) is 4.64. The number of hydrogen-bond donors (Lipinski definition) is 1. The Balaban J connectivity index is 1.98. The third-order valence-electron chi connectivity index (χ3n) is 3.37. The van der Waals surface area contributed by atoms with Gasteiger partial charge in [-0.2, -0.15) is 11.8 Å². The number of nitrogens with one attached hydrogen (secondary N) is 1. The van der Waals surface area contributed by atoms with Crippen molar-refractivity contribution in [2.75, 3.05) is 18.6 Å². The molecule has 1 aromatic carbocycles. The Labute approximate surface area is 117 Å². The molecule has 0 saturated heterocycles. The molecule has 1 aliphatic rings. The van der Waals surface area contributed by atoms with Crippen LogP contribution >= 0.6 is 23.5 Å². The molecule has 2 atom stereocenters. The SMILES string of the molecule is CSC(C)CCNC1CCSc2c(F)cccc21. The van der Waals surface area contributed by atoms with Crippen molar-refractivity contribution in [1.29, 1.82) is 0 Å². The summed E-state index contributed by atoms with van der Waals surface area (Å²) in [5, 5.41) is 4.26. The largest absolute Gasteiger partial charge is 0.310 e. The molecule has 1 aromatic rings. The fourth-order valence-corrected chi connectivity index (χ4v) is 3.67. The second kappa shape index (κ2) is 6.83. The number of rotatable bonds is 5. The van der Waals surface area contributed by atoms with Crippen molar-refractivity contribution in [1.82, 2.24) is 5.32 Å². The van der Waals surface area contributed by atoms with Crippen LogP contribution in [0.25, 0.3) is 0 Å². The lowest BCUT2D eigenvalue weighted by Gasteiger charge is -2.26. The van der Waals surface area contributed by atoms with Gasteiger partial charge in [0.2, 0.25) is 0 Å². The van der Waals surface area contributed by atoms with Gasteiger partial charge in [0.05, 0.1) is 0 Å². The zero-order valence-electron chi connectivity index (χ0n) is 10.9. The van der Waals surface area contributed by atoms with E-state index in [-0.39, 0.29) is 5.82 Å². The van der Waals surface area contributed by atoms with E-state index in [0.29, 0.717) is 11.3 Å². The van der Waals surface area contributed by atoms with Gasteiger partial charge >= 0.3 is 0 Å². The molecular weight excluding hydrogens is 265 g/mol. The maximum atomic E-state index is 13.7. The molecule has 2 rings (SSSR count). The fourth-order valence-electron chi connectivity index (χ4n) is 2.18. The van der Waals surface area contributed by atoms with E-state index in [1.165, 1.54) is 0 Å². The standard InChI is InChI=1S/C14H20FNS2/c1-10(17-2)6-8-16-13-7-9-18-14-11(13)4-3-5-12(14)15/h3-5,10,13,16H,6-9H2,1-2H3. The van der Waals surface area contributed by atoms with Crippen molar-refractivity contribution >= 4 is 23.5 Å². The number of thioether (sulfide) groups is 2. The van der Waals surface area contributed by atoms with Crippen molar-refractivity contribution in [2.45, 2.75) is 36.0 Å². The van der Waals surface area contributed by atoms with E-state index in [1.54, 1.807) is 17.8 Å². The van der Waals surface area contributed by atoms with Gasteiger partial charge < -0.3 is 5.32 Å². The number of benzene rings is 1. The third-order valence-corrected chi connectivity index (χ3v) is 5.57. The van der Waals surface area contributed by atoms with E-state index in [9.17, 15) is 4.39 Å². The number of fused-ring (bicyclic) bond motifs is 1. The van der Waals surface area contributed by atoms with Crippen molar-refractivity contribution in [3.05, 3.63) is 29.6 Å². The molecule has 100 valence electrons. The lowest BCUT2D eigenvalue weighted by Crippen LogP contribution is -2.27. The van der Waals surface area contributed by atoms with E-state index in [2.05, 4.69) is 24.6 Å². The van der Waals surface area contributed by atoms with E-state index >= 15 is 0 Å². The van der Waals surface area contributed by atoms with Crippen LogP contribution in [0, 0.1) is 5.82 Å². The van der Waals surface area contributed by atoms with Crippen LogP contribution in [0.2, 0.25) is 0 Å². The number of halogens is 1. The molecule has 2 unspecified atom stereocenters. The summed E-state index contributed by atoms with van der Waals surface area (Å²) >= 11 is 3.54. The predicted molar refractivity (Wildman–Crippen MR) is 80.1 cm³/mol. The molecule has 1 heterocycles. The van der Waals surface area contributed by atoms with Crippen LogP contribution in [0.1, 0.15) is 31.4 Å². The van der Waals surface area contributed by atoms with Gasteiger partial charge in [-0.3, -0.25) is 0 Å². The van der Waals surface area contributed by atoms with Gasteiger partial charge in [0.1, 0.15) is 5.82 Å². The maximum absolute atomic E-state index is 13.7. The molecule has 1 aliphatic heterocycles. The molecule has 0 bridgehead atoms. The lowest BCUT2D eigenvalue weighted by molar-refractivity contribution is 0.491. The summed E-state index contributed by atoms with van der Waals surface area (Å²) in [6.45, 7) is 3.25. The molecule has 0 spiro atoms. The average Bonchev–Trinajstić information content (AvgIpc) is 2.39. The first kappa shape index (κ1) is 14.2. The van der Waals surface area contributed by atoms with Crippen molar-refractivity contribution < 1.29 is 4.39 Å². The molecule has 0 aromatic heterocycles. The van der Waals surface area contributed by atoms with Crippen molar-refractivity contribution in [2.24, 2.45) is 0 Å². The van der Waals surface area contributed by atoms with Gasteiger partial charge in [0, 0.05) is 16.2 Å². The third kappa shape index (κ3) is 3.43. The Morgan fingerprint density at radius 1 is 1.56 bits per heavy atom. The number of hydrogen-bond acceptors (Lipinski definition) is 3. The summed E-state index contributed by atoms with van der Waals surface area (Å²) in [5.41, 5.74) is 1.14. The van der Waals surface area contributed by atoms with Gasteiger partial charge in [-0.25, -0.2) is 4.39 Å². The molecule has 0 amide bonds. The highest BCUT2D eigenvalue weighted by Crippen LogP contribution is 2.37. The summed E-state index contributed by atoms with van der Waals surface area (Å²) in [5.74, 6) is 0.936. The molecule has 0 radical (unpaired) electrons. The van der Waals surface area contributed by atoms with E-state index < -0.39 is 0 Å². The van der Waals surface area contributed by atoms with Gasteiger partial charge in [-0.1, -0.05) is 19.1 Å². The van der Waals surface area contributed by atoms with Crippen LogP contribution in [0.3, 0.4) is 0 Å². The minimum Gasteiger partial charge on any atom is -0.310 e. The zero-order chi connectivity index (χ0) is 13.0. The molecule has 0 fully saturated rings. The quantitative estimate of drug-likeness (QED) is 0.875. The van der Waals surface area contributed by atoms with Gasteiger partial charge in [0.25, 0.3) is 0 Å². The highest BCUT2D eigenvalue weighted by atomic mass is 32.2. The molecule has 4 heteroatoms. The first-order valence-electron chi connectivity index (χ1n) is 6.39. The lowest BCUT2D eigenvalue weighted by atomic mass is 10.0. The summed E-state index contributed by atoms with van der Waals surface area (Å²) in [7, 11) is 0. The van der Waals surface area contributed by atoms with Gasteiger partial charge in [-0.15, -0.1) is 11.8 Å². The minimum atomic E-state index is -0.0681. The maximum Gasteiger partial charge on any atom is 0.137 e. The predicted octanol–water partition coefficient (Wildman–Crippen LogP) is 4.09. The topological polar surface area (TPSA) is 12.0 Å². The fraction of sp³-hybridized carbons (Fsp3) is 0.571. The molecule has 0 aliphatic carbocycles. The van der Waals surface area contributed by atoms with E-state index in [1.807, 2.05) is 17.8 Å². The van der Waals surface area contributed by atoms with Crippen LogP contribution in [-0.2, 0) is 0 Å². The summed E-state index contributed by atoms with van der Waals surface area (Å²) in [6.07, 6.45) is 4.40. The van der Waals surface area contributed by atoms with Crippen molar-refractivity contribution in [3.8, 4) is 0 Å². The smallest absolute Gasteiger partial charge is 0.137 e. The minimum absolute atomic E-state index is 0.0681. The first-order chi connectivity index (χ1) is 8.72.